The lowest BCUT2D eigenvalue weighted by Crippen LogP contribution is -2.34. The fourth-order valence-corrected chi connectivity index (χ4v) is 2.25. The predicted octanol–water partition coefficient (Wildman–Crippen LogP) is -1.15. The van der Waals surface area contributed by atoms with Crippen LogP contribution in [0.3, 0.4) is 0 Å². The van der Waals surface area contributed by atoms with Crippen LogP contribution in [0.25, 0.3) is 0 Å². The van der Waals surface area contributed by atoms with Crippen molar-refractivity contribution in [3.63, 3.8) is 0 Å². The van der Waals surface area contributed by atoms with Gasteiger partial charge in [0, 0.05) is 7.05 Å². The molecule has 3 N–H and O–H groups in total. The molecular formula is C6H11N5O2S2. The Balaban J connectivity index is 2.68. The fourth-order valence-electron chi connectivity index (χ4n) is 0.906. The highest BCUT2D eigenvalue weighted by Gasteiger charge is 2.19. The molecule has 0 bridgehead atoms. The molecule has 0 aromatic carbocycles. The highest BCUT2D eigenvalue weighted by molar-refractivity contribution is 7.92. The van der Waals surface area contributed by atoms with E-state index in [1.807, 2.05) is 0 Å². The van der Waals surface area contributed by atoms with Gasteiger partial charge in [-0.15, -0.1) is 0 Å². The van der Waals surface area contributed by atoms with Gasteiger partial charge in [0.25, 0.3) is 0 Å². The summed E-state index contributed by atoms with van der Waals surface area (Å²) in [6.07, 6.45) is 1.31. The number of rotatable bonds is 5. The molecule has 0 aliphatic carbocycles. The molecule has 0 aliphatic rings. The van der Waals surface area contributed by atoms with Gasteiger partial charge in [-0.25, -0.2) is 13.4 Å². The second-order valence-corrected chi connectivity index (χ2v) is 5.51. The molecule has 0 saturated carbocycles. The second-order valence-electron chi connectivity index (χ2n) is 2.91. The van der Waals surface area contributed by atoms with Gasteiger partial charge in [0.05, 0.1) is 11.5 Å². The third-order valence-corrected chi connectivity index (χ3v) is 3.72. The Morgan fingerprint density at radius 2 is 2.40 bits per heavy atom. The van der Waals surface area contributed by atoms with E-state index in [9.17, 15) is 8.42 Å². The van der Waals surface area contributed by atoms with Crippen LogP contribution in [-0.2, 0) is 16.6 Å². The standard InChI is InChI=1S/C6H11N5O2S2/c1-11(2-6-8-4-9-10-6)15(12,13)3-5(7)14/h4H,2-3H2,1H3,(H2,7,14)(H,8,9,10). The summed E-state index contributed by atoms with van der Waals surface area (Å²) in [5.41, 5.74) is 5.18. The molecule has 0 radical (unpaired) electrons. The molecule has 0 saturated heterocycles. The molecule has 84 valence electrons. The van der Waals surface area contributed by atoms with Crippen molar-refractivity contribution in [1.29, 1.82) is 0 Å². The number of nitrogens with zero attached hydrogens (tertiary/aromatic N) is 3. The number of nitrogens with one attached hydrogen (secondary N) is 1. The average molecular weight is 249 g/mol. The first-order valence-electron chi connectivity index (χ1n) is 3.98. The number of H-pyrrole nitrogens is 1. The summed E-state index contributed by atoms with van der Waals surface area (Å²) >= 11 is 4.55. The number of aromatic nitrogens is 3. The van der Waals surface area contributed by atoms with E-state index in [1.165, 1.54) is 13.4 Å². The number of sulfonamides is 1. The van der Waals surface area contributed by atoms with Crippen LogP contribution >= 0.6 is 12.2 Å². The first-order chi connectivity index (χ1) is 6.92. The van der Waals surface area contributed by atoms with Crippen LogP contribution in [0.2, 0.25) is 0 Å². The van der Waals surface area contributed by atoms with Gasteiger partial charge < -0.3 is 5.73 Å². The fraction of sp³-hybridized carbons (Fsp3) is 0.500. The number of aromatic amines is 1. The highest BCUT2D eigenvalue weighted by Crippen LogP contribution is 2.02. The number of hydrogen-bond acceptors (Lipinski definition) is 5. The van der Waals surface area contributed by atoms with Crippen LogP contribution in [0.15, 0.2) is 6.33 Å². The average Bonchev–Trinajstić information content (AvgIpc) is 2.54. The first kappa shape index (κ1) is 12.0. The Kier molecular flexibility index (Phi) is 3.72. The summed E-state index contributed by atoms with van der Waals surface area (Å²) in [7, 11) is -2.03. The van der Waals surface area contributed by atoms with Crippen molar-refractivity contribution in [2.45, 2.75) is 6.54 Å². The summed E-state index contributed by atoms with van der Waals surface area (Å²) in [4.78, 5) is 3.76. The molecule has 0 atom stereocenters. The molecule has 9 heteroatoms. The van der Waals surface area contributed by atoms with E-state index in [2.05, 4.69) is 27.4 Å². The van der Waals surface area contributed by atoms with Crippen molar-refractivity contribution in [3.05, 3.63) is 12.2 Å². The Morgan fingerprint density at radius 3 is 2.87 bits per heavy atom. The number of thiocarbonyl (C=S) groups is 1. The quantitative estimate of drug-likeness (QED) is 0.639. The molecule has 7 nitrogen and oxygen atoms in total. The molecule has 1 rings (SSSR count). The molecule has 0 unspecified atom stereocenters. The van der Waals surface area contributed by atoms with Gasteiger partial charge in [-0.2, -0.15) is 9.40 Å². The maximum Gasteiger partial charge on any atom is 0.220 e. The van der Waals surface area contributed by atoms with Gasteiger partial charge in [-0.3, -0.25) is 5.10 Å². The summed E-state index contributed by atoms with van der Waals surface area (Å²) in [5, 5.41) is 6.17. The zero-order chi connectivity index (χ0) is 11.5. The van der Waals surface area contributed by atoms with Gasteiger partial charge in [0.1, 0.15) is 17.9 Å². The van der Waals surface area contributed by atoms with Gasteiger partial charge >= 0.3 is 0 Å². The second kappa shape index (κ2) is 4.64. The lowest BCUT2D eigenvalue weighted by Gasteiger charge is -2.14. The van der Waals surface area contributed by atoms with Crippen molar-refractivity contribution in [2.75, 3.05) is 12.8 Å². The maximum atomic E-state index is 11.6. The zero-order valence-electron chi connectivity index (χ0n) is 8.04. The number of hydrogen-bond donors (Lipinski definition) is 2. The van der Waals surface area contributed by atoms with Crippen LogP contribution < -0.4 is 5.73 Å². The van der Waals surface area contributed by atoms with E-state index in [1.54, 1.807) is 0 Å². The third-order valence-electron chi connectivity index (χ3n) is 1.64. The predicted molar refractivity (Wildman–Crippen MR) is 58.4 cm³/mol. The molecule has 0 fully saturated rings. The minimum absolute atomic E-state index is 0.0561. The van der Waals surface area contributed by atoms with Gasteiger partial charge in [-0.05, 0) is 0 Å². The van der Waals surface area contributed by atoms with Crippen molar-refractivity contribution in [2.24, 2.45) is 5.73 Å². The summed E-state index contributed by atoms with van der Waals surface area (Å²) in [6.45, 7) is 0.116. The Hall–Kier alpha value is -1.06. The maximum absolute atomic E-state index is 11.6. The zero-order valence-corrected chi connectivity index (χ0v) is 9.68. The summed E-state index contributed by atoms with van der Waals surface area (Å²) < 4.78 is 24.2. The molecule has 15 heavy (non-hydrogen) atoms. The lowest BCUT2D eigenvalue weighted by molar-refractivity contribution is 0.460. The van der Waals surface area contributed by atoms with E-state index in [-0.39, 0.29) is 17.3 Å². The van der Waals surface area contributed by atoms with Crippen molar-refractivity contribution < 1.29 is 8.42 Å². The van der Waals surface area contributed by atoms with Crippen LogP contribution in [0.5, 0.6) is 0 Å². The largest absolute Gasteiger partial charge is 0.392 e. The SMILES string of the molecule is CN(Cc1ncn[nH]1)S(=O)(=O)CC(N)=S. The molecular weight excluding hydrogens is 238 g/mol. The molecule has 1 heterocycles. The van der Waals surface area contributed by atoms with Crippen molar-refractivity contribution in [1.82, 2.24) is 19.5 Å². The van der Waals surface area contributed by atoms with E-state index in [4.69, 9.17) is 5.73 Å². The third kappa shape index (κ3) is 3.53. The minimum atomic E-state index is -3.46. The van der Waals surface area contributed by atoms with Crippen molar-refractivity contribution >= 4 is 27.2 Å². The van der Waals surface area contributed by atoms with Crippen LogP contribution in [0, 0.1) is 0 Å². The lowest BCUT2D eigenvalue weighted by atomic mass is 10.6. The molecule has 0 aliphatic heterocycles. The smallest absolute Gasteiger partial charge is 0.220 e. The van der Waals surface area contributed by atoms with Gasteiger partial charge in [-0.1, -0.05) is 12.2 Å². The topological polar surface area (TPSA) is 105 Å². The molecule has 0 amide bonds. The Bertz CT molecular complexity index is 426. The summed E-state index contributed by atoms with van der Waals surface area (Å²) in [6, 6.07) is 0. The van der Waals surface area contributed by atoms with E-state index in [0.29, 0.717) is 5.82 Å². The van der Waals surface area contributed by atoms with E-state index in [0.717, 1.165) is 4.31 Å². The van der Waals surface area contributed by atoms with Crippen LogP contribution in [-0.4, -0.2) is 45.7 Å². The normalized spacial score (nSPS) is 11.9. The van der Waals surface area contributed by atoms with Gasteiger partial charge in [0.2, 0.25) is 10.0 Å². The highest BCUT2D eigenvalue weighted by atomic mass is 32.2. The molecule has 1 aromatic rings. The molecule has 0 spiro atoms. The van der Waals surface area contributed by atoms with Crippen molar-refractivity contribution in [3.8, 4) is 0 Å². The summed E-state index contributed by atoms with van der Waals surface area (Å²) in [5.74, 6) is 0.122. The first-order valence-corrected chi connectivity index (χ1v) is 6.00. The van der Waals surface area contributed by atoms with Crippen LogP contribution in [0.1, 0.15) is 5.82 Å². The van der Waals surface area contributed by atoms with Crippen LogP contribution in [0.4, 0.5) is 0 Å². The van der Waals surface area contributed by atoms with Gasteiger partial charge in [0.15, 0.2) is 0 Å². The van der Waals surface area contributed by atoms with E-state index < -0.39 is 10.0 Å². The Labute approximate surface area is 92.7 Å². The molecule has 1 aromatic heterocycles. The number of nitrogens with two attached hydrogens (primary N) is 1. The monoisotopic (exact) mass is 249 g/mol. The Morgan fingerprint density at radius 1 is 1.73 bits per heavy atom. The minimum Gasteiger partial charge on any atom is -0.392 e. The van der Waals surface area contributed by atoms with E-state index >= 15 is 0 Å².